The Morgan fingerprint density at radius 3 is 2.28 bits per heavy atom. The third kappa shape index (κ3) is 8.54. The SMILES string of the molecule is C=C[C@](C)(O)CC/C=C(\C)C(=O)O[C@H]1[C@H](Oc2cc(O)c3c(=O)c(O[C@@H]4O[C@H](CO)[C@@H](O)[C@H](O)[C@H]4O)c(-c4ccc(O)cc4)oc3c2)O[C@@H](C)[C@H](O)[C@H]1O. The second kappa shape index (κ2) is 16.4. The Bertz CT molecular complexity index is 1900. The van der Waals surface area contributed by atoms with Crippen LogP contribution in [0, 0.1) is 0 Å². The van der Waals surface area contributed by atoms with Gasteiger partial charge >= 0.3 is 5.97 Å². The van der Waals surface area contributed by atoms with Gasteiger partial charge in [-0.05, 0) is 57.9 Å². The van der Waals surface area contributed by atoms with Gasteiger partial charge in [-0.25, -0.2) is 4.79 Å². The fraction of sp³-hybridized carbons (Fsp3) is 0.459. The van der Waals surface area contributed by atoms with Gasteiger partial charge in [-0.15, -0.1) is 6.58 Å². The second-order valence-electron chi connectivity index (χ2n) is 13.4. The molecule has 2 aliphatic heterocycles. The van der Waals surface area contributed by atoms with Gasteiger partial charge in [0.25, 0.3) is 0 Å². The fourth-order valence-electron chi connectivity index (χ4n) is 5.86. The molecule has 2 fully saturated rings. The molecule has 3 heterocycles. The molecule has 3 aromatic rings. The summed E-state index contributed by atoms with van der Waals surface area (Å²) in [5.74, 6) is -2.85. The molecule has 2 saturated heterocycles. The molecule has 0 spiro atoms. The van der Waals surface area contributed by atoms with Crippen LogP contribution in [0.1, 0.15) is 33.6 Å². The molecule has 0 amide bonds. The molecule has 9 N–H and O–H groups in total. The number of phenols is 2. The fourth-order valence-corrected chi connectivity index (χ4v) is 5.86. The molecule has 5 rings (SSSR count). The van der Waals surface area contributed by atoms with Crippen molar-refractivity contribution in [3.63, 3.8) is 0 Å². The first-order chi connectivity index (χ1) is 25.5. The number of rotatable bonds is 12. The van der Waals surface area contributed by atoms with E-state index in [1.807, 2.05) is 0 Å². The minimum Gasteiger partial charge on any atom is -0.508 e. The van der Waals surface area contributed by atoms with Crippen LogP contribution in [0.15, 0.2) is 69.9 Å². The Morgan fingerprint density at radius 1 is 0.944 bits per heavy atom. The molecule has 0 radical (unpaired) electrons. The average Bonchev–Trinajstić information content (AvgIpc) is 3.13. The lowest BCUT2D eigenvalue weighted by Gasteiger charge is -2.40. The lowest BCUT2D eigenvalue weighted by Crippen LogP contribution is -2.60. The van der Waals surface area contributed by atoms with E-state index in [4.69, 9.17) is 28.1 Å². The largest absolute Gasteiger partial charge is 0.508 e. The molecule has 0 bridgehead atoms. The van der Waals surface area contributed by atoms with Crippen LogP contribution in [-0.4, -0.2) is 126 Å². The maximum Gasteiger partial charge on any atom is 0.333 e. The van der Waals surface area contributed by atoms with Crippen molar-refractivity contribution in [3.05, 3.63) is 70.9 Å². The number of carbonyl (C=O) groups is 1. The van der Waals surface area contributed by atoms with E-state index in [1.54, 1.807) is 6.92 Å². The first-order valence-electron chi connectivity index (χ1n) is 17.0. The van der Waals surface area contributed by atoms with Crippen LogP contribution in [-0.2, 0) is 19.0 Å². The van der Waals surface area contributed by atoms with Crippen LogP contribution >= 0.6 is 0 Å². The van der Waals surface area contributed by atoms with Gasteiger partial charge in [0.2, 0.25) is 23.8 Å². The Hall–Kier alpha value is -4.56. The zero-order chi connectivity index (χ0) is 39.6. The molecule has 294 valence electrons. The third-order valence-electron chi connectivity index (χ3n) is 9.26. The predicted octanol–water partition coefficient (Wildman–Crippen LogP) is 0.471. The molecule has 0 aliphatic carbocycles. The number of hydrogen-bond donors (Lipinski definition) is 9. The van der Waals surface area contributed by atoms with Crippen LogP contribution in [0.25, 0.3) is 22.3 Å². The van der Waals surface area contributed by atoms with Crippen molar-refractivity contribution >= 4 is 16.9 Å². The van der Waals surface area contributed by atoms with Crippen LogP contribution in [0.5, 0.6) is 23.0 Å². The number of aliphatic hydroxyl groups is 7. The van der Waals surface area contributed by atoms with Crippen LogP contribution in [0.3, 0.4) is 0 Å². The summed E-state index contributed by atoms with van der Waals surface area (Å²) >= 11 is 0. The Kier molecular flexibility index (Phi) is 12.4. The summed E-state index contributed by atoms with van der Waals surface area (Å²) in [6, 6.07) is 7.45. The zero-order valence-corrected chi connectivity index (χ0v) is 29.5. The minimum absolute atomic E-state index is 0.127. The van der Waals surface area contributed by atoms with E-state index in [0.29, 0.717) is 0 Å². The van der Waals surface area contributed by atoms with Crippen LogP contribution in [0.2, 0.25) is 0 Å². The van der Waals surface area contributed by atoms with Crippen molar-refractivity contribution in [2.75, 3.05) is 6.61 Å². The molecule has 17 nitrogen and oxygen atoms in total. The Labute approximate surface area is 308 Å². The Morgan fingerprint density at radius 2 is 1.63 bits per heavy atom. The maximum absolute atomic E-state index is 14.0. The van der Waals surface area contributed by atoms with Gasteiger partial charge in [0, 0.05) is 23.3 Å². The van der Waals surface area contributed by atoms with Gasteiger partial charge in [-0.2, -0.15) is 0 Å². The monoisotopic (exact) mass is 760 g/mol. The van der Waals surface area contributed by atoms with E-state index in [1.165, 1.54) is 56.3 Å². The van der Waals surface area contributed by atoms with Crippen molar-refractivity contribution in [2.45, 2.75) is 101 Å². The normalized spacial score (nSPS) is 30.0. The highest BCUT2D eigenvalue weighted by Gasteiger charge is 2.47. The summed E-state index contributed by atoms with van der Waals surface area (Å²) in [5, 5.41) is 92.9. The number of phenolic OH excluding ortho intramolecular Hbond substituents is 2. The summed E-state index contributed by atoms with van der Waals surface area (Å²) in [6.45, 7) is 7.25. The summed E-state index contributed by atoms with van der Waals surface area (Å²) in [5.41, 5.74) is -2.16. The number of esters is 1. The van der Waals surface area contributed by atoms with Crippen molar-refractivity contribution in [3.8, 4) is 34.3 Å². The van der Waals surface area contributed by atoms with E-state index in [9.17, 15) is 55.5 Å². The van der Waals surface area contributed by atoms with Gasteiger partial charge in [-0.3, -0.25) is 4.79 Å². The number of hydrogen-bond acceptors (Lipinski definition) is 17. The first kappa shape index (κ1) is 40.6. The maximum atomic E-state index is 14.0. The molecule has 2 aliphatic rings. The molecule has 54 heavy (non-hydrogen) atoms. The summed E-state index contributed by atoms with van der Waals surface area (Å²) in [4.78, 5) is 27.0. The van der Waals surface area contributed by atoms with Gasteiger partial charge in [0.05, 0.1) is 18.3 Å². The highest BCUT2D eigenvalue weighted by molar-refractivity contribution is 5.89. The van der Waals surface area contributed by atoms with Gasteiger partial charge in [0.1, 0.15) is 64.8 Å². The minimum atomic E-state index is -1.91. The van der Waals surface area contributed by atoms with Crippen molar-refractivity contribution in [1.29, 1.82) is 0 Å². The zero-order valence-electron chi connectivity index (χ0n) is 29.5. The van der Waals surface area contributed by atoms with E-state index >= 15 is 0 Å². The average molecular weight is 761 g/mol. The summed E-state index contributed by atoms with van der Waals surface area (Å²) in [6.07, 6.45) is -12.6. The molecule has 2 aromatic carbocycles. The summed E-state index contributed by atoms with van der Waals surface area (Å²) in [7, 11) is 0. The smallest absolute Gasteiger partial charge is 0.333 e. The van der Waals surface area contributed by atoms with E-state index in [-0.39, 0.29) is 46.8 Å². The predicted molar refractivity (Wildman–Crippen MR) is 186 cm³/mol. The number of ether oxygens (including phenoxy) is 5. The van der Waals surface area contributed by atoms with Crippen molar-refractivity contribution in [1.82, 2.24) is 0 Å². The second-order valence-corrected chi connectivity index (χ2v) is 13.4. The van der Waals surface area contributed by atoms with Crippen molar-refractivity contribution < 1.29 is 78.9 Å². The number of carbonyl (C=O) groups excluding carboxylic acids is 1. The van der Waals surface area contributed by atoms with Gasteiger partial charge in [0.15, 0.2) is 11.9 Å². The molecular weight excluding hydrogens is 716 g/mol. The number of benzene rings is 2. The standard InChI is InChI=1S/C37H44O17/c1-5-37(4,48)12-6-7-16(2)34(47)53-33-29(45)25(41)17(3)49-36(33)50-20-13-21(40)24-22(14-20)51-31(18-8-10-19(39)11-9-18)32(27(24)43)54-35-30(46)28(44)26(42)23(15-38)52-35/h5,7-11,13-14,17,23,25-26,28-30,33,35-36,38-42,44-46,48H,1,6,12,15H2,2-4H3/b16-7+/t17-,23+,25-,26+,28-,29+,30+,33+,35-,36-,37-/m0/s1. The molecule has 11 atom stereocenters. The van der Waals surface area contributed by atoms with E-state index < -0.39 is 102 Å². The molecule has 1 aromatic heterocycles. The van der Waals surface area contributed by atoms with Crippen LogP contribution in [0.4, 0.5) is 0 Å². The third-order valence-corrected chi connectivity index (χ3v) is 9.26. The van der Waals surface area contributed by atoms with Gasteiger partial charge < -0.3 is 74.1 Å². The lowest BCUT2D eigenvalue weighted by atomic mass is 9.99. The molecule has 17 heteroatoms. The topological polar surface area (TPSA) is 275 Å². The number of aliphatic hydroxyl groups excluding tert-OH is 6. The lowest BCUT2D eigenvalue weighted by molar-refractivity contribution is -0.277. The van der Waals surface area contributed by atoms with E-state index in [2.05, 4.69) is 6.58 Å². The quantitative estimate of drug-likeness (QED) is 0.0689. The van der Waals surface area contributed by atoms with Gasteiger partial charge in [-0.1, -0.05) is 12.2 Å². The highest BCUT2D eigenvalue weighted by atomic mass is 16.7. The van der Waals surface area contributed by atoms with E-state index in [0.717, 1.165) is 6.07 Å². The molecule has 0 saturated carbocycles. The van der Waals surface area contributed by atoms with Crippen LogP contribution < -0.4 is 14.9 Å². The number of fused-ring (bicyclic) bond motifs is 1. The Balaban J connectivity index is 1.50. The van der Waals surface area contributed by atoms with Crippen molar-refractivity contribution in [2.24, 2.45) is 0 Å². The number of allylic oxidation sites excluding steroid dienone is 1. The molecular formula is C37H44O17. The molecule has 0 unspecified atom stereocenters. The summed E-state index contributed by atoms with van der Waals surface area (Å²) < 4.78 is 34.4. The number of aromatic hydroxyl groups is 2. The highest BCUT2D eigenvalue weighted by Crippen LogP contribution is 2.39. The first-order valence-corrected chi connectivity index (χ1v) is 17.0.